The molecule has 2 nitrogen and oxygen atoms in total. The third kappa shape index (κ3) is 2060. The fraction of sp³-hybridized carbons (Fsp3) is 0.500. The van der Waals surface area contributed by atoms with Gasteiger partial charge in [-0.05, 0) is 6.92 Å². The number of hydrogen-bond donors (Lipinski definition) is 0. The van der Waals surface area contributed by atoms with E-state index in [1.807, 2.05) is 0 Å². The van der Waals surface area contributed by atoms with Crippen LogP contribution in [0.5, 0.6) is 0 Å². The smallest absolute Gasteiger partial charge is 0.550 e. The second-order valence-corrected chi connectivity index (χ2v) is 0.492. The predicted molar refractivity (Wildman–Crippen MR) is 10.7 cm³/mol. The first-order valence-electron chi connectivity index (χ1n) is 0.908. The molecule has 0 aliphatic carbocycles. The van der Waals surface area contributed by atoms with Crippen LogP contribution in [0.25, 0.3) is 0 Å². The molecule has 1 radical (unpaired) electrons. The average Bonchev–Trinajstić information content (AvgIpc) is 0.811. The molecule has 0 fully saturated rings. The summed E-state index contributed by atoms with van der Waals surface area (Å²) in [5, 5.41) is 8.89. The summed E-state index contributed by atoms with van der Waals surface area (Å²) in [7, 11) is 0. The van der Waals surface area contributed by atoms with Gasteiger partial charge in [0.25, 0.3) is 0 Å². The van der Waals surface area contributed by atoms with Crippen LogP contribution < -0.4 is 5.11 Å². The number of carboxylic acid groups (broad SMARTS) is 1. The molecule has 0 unspecified atom stereocenters. The Hall–Kier alpha value is 0.0934. The zero-order valence-corrected chi connectivity index (χ0v) is 4.41. The van der Waals surface area contributed by atoms with Gasteiger partial charge in [-0.2, -0.15) is 0 Å². The Morgan fingerprint density at radius 1 is 1.80 bits per heavy atom. The van der Waals surface area contributed by atoms with Crippen LogP contribution in [-0.4, -0.2) is 5.97 Å². The van der Waals surface area contributed by atoms with Gasteiger partial charge in [0.2, 0.25) is 0 Å². The third-order valence-corrected chi connectivity index (χ3v) is 0. The van der Waals surface area contributed by atoms with Gasteiger partial charge >= 0.3 is 19.5 Å². The Bertz CT molecular complexity index is 30.6. The number of aliphatic carboxylic acids is 1. The van der Waals surface area contributed by atoms with Crippen molar-refractivity contribution in [3.8, 4) is 0 Å². The molecule has 0 rings (SSSR count). The van der Waals surface area contributed by atoms with Crippen molar-refractivity contribution in [2.75, 3.05) is 0 Å². The Morgan fingerprint density at radius 2 is 1.80 bits per heavy atom. The van der Waals surface area contributed by atoms with Gasteiger partial charge in [0.1, 0.15) is 0 Å². The predicted octanol–water partition coefficient (Wildman–Crippen LogP) is -1.25. The van der Waals surface area contributed by atoms with E-state index < -0.39 is 5.97 Å². The molecule has 0 aromatic rings. The molecule has 0 aromatic carbocycles. The Balaban J connectivity index is 0. The summed E-state index contributed by atoms with van der Waals surface area (Å²) in [5.74, 6) is -1.08. The van der Waals surface area contributed by atoms with Crippen LogP contribution in [0.15, 0.2) is 0 Å². The maximum absolute atomic E-state index is 8.89. The van der Waals surface area contributed by atoms with E-state index in [4.69, 9.17) is 9.90 Å². The summed E-state index contributed by atoms with van der Waals surface area (Å²) in [6.07, 6.45) is 0. The monoisotopic (exact) mass is 161 g/mol. The quantitative estimate of drug-likeness (QED) is 0.415. The summed E-state index contributed by atoms with van der Waals surface area (Å²) < 4.78 is 0. The number of carboxylic acids is 1. The minimum atomic E-state index is -1.08. The first-order valence-corrected chi connectivity index (χ1v) is 0.908. The minimum absolute atomic E-state index is 0. The van der Waals surface area contributed by atoms with Crippen molar-refractivity contribution >= 4 is 5.97 Å². The SMILES string of the molecule is CC(=O)[O-].[Ru+]. The molecule has 0 N–H and O–H groups in total. The van der Waals surface area contributed by atoms with Crippen LogP contribution in [0.3, 0.4) is 0 Å². The van der Waals surface area contributed by atoms with Crippen molar-refractivity contribution in [2.24, 2.45) is 0 Å². The van der Waals surface area contributed by atoms with E-state index in [0.29, 0.717) is 0 Å². The maximum atomic E-state index is 8.89. The zero-order valence-electron chi connectivity index (χ0n) is 2.67. The van der Waals surface area contributed by atoms with Crippen LogP contribution >= 0.6 is 0 Å². The molecular weight excluding hydrogens is 157 g/mol. The van der Waals surface area contributed by atoms with E-state index >= 15 is 0 Å². The molecular formula is C2H3O2Ru. The van der Waals surface area contributed by atoms with E-state index in [9.17, 15) is 0 Å². The number of rotatable bonds is 0. The fourth-order valence-electron chi connectivity index (χ4n) is 0. The van der Waals surface area contributed by atoms with E-state index in [1.165, 1.54) is 0 Å². The van der Waals surface area contributed by atoms with E-state index in [1.54, 1.807) is 0 Å². The molecule has 0 spiro atoms. The van der Waals surface area contributed by atoms with Crippen molar-refractivity contribution < 1.29 is 29.4 Å². The summed E-state index contributed by atoms with van der Waals surface area (Å²) in [4.78, 5) is 8.89. The number of carbonyl (C=O) groups is 1. The maximum Gasteiger partial charge on any atom is 1.00 e. The van der Waals surface area contributed by atoms with Gasteiger partial charge in [-0.25, -0.2) is 0 Å². The van der Waals surface area contributed by atoms with Gasteiger partial charge in [0, 0.05) is 5.97 Å². The molecule has 0 saturated heterocycles. The van der Waals surface area contributed by atoms with Crippen molar-refractivity contribution in [1.82, 2.24) is 0 Å². The largest absolute Gasteiger partial charge is 1.00 e. The molecule has 0 aromatic heterocycles. The van der Waals surface area contributed by atoms with Gasteiger partial charge in [-0.1, -0.05) is 0 Å². The Kier molecular flexibility index (Phi) is 7.30. The first kappa shape index (κ1) is 8.92. The summed E-state index contributed by atoms with van der Waals surface area (Å²) >= 11 is 0. The molecule has 0 bridgehead atoms. The Labute approximate surface area is 42.9 Å². The second-order valence-electron chi connectivity index (χ2n) is 0.492. The minimum Gasteiger partial charge on any atom is -0.550 e. The van der Waals surface area contributed by atoms with E-state index in [-0.39, 0.29) is 19.5 Å². The van der Waals surface area contributed by atoms with Gasteiger partial charge in [0.15, 0.2) is 0 Å². The van der Waals surface area contributed by atoms with Crippen molar-refractivity contribution in [3.63, 3.8) is 0 Å². The van der Waals surface area contributed by atoms with E-state index in [0.717, 1.165) is 6.92 Å². The summed E-state index contributed by atoms with van der Waals surface area (Å²) in [5.41, 5.74) is 0. The normalized spacial score (nSPS) is 5.00. The van der Waals surface area contributed by atoms with Crippen molar-refractivity contribution in [2.45, 2.75) is 6.92 Å². The van der Waals surface area contributed by atoms with Crippen LogP contribution in [0.4, 0.5) is 0 Å². The molecule has 0 aliphatic rings. The molecule has 5 heavy (non-hydrogen) atoms. The van der Waals surface area contributed by atoms with Crippen molar-refractivity contribution in [1.29, 1.82) is 0 Å². The summed E-state index contributed by atoms with van der Waals surface area (Å²) in [6, 6.07) is 0. The van der Waals surface area contributed by atoms with Crippen LogP contribution in [-0.2, 0) is 24.3 Å². The summed E-state index contributed by atoms with van der Waals surface area (Å²) in [6.45, 7) is 0.972. The van der Waals surface area contributed by atoms with Gasteiger partial charge < -0.3 is 9.90 Å². The number of hydrogen-bond acceptors (Lipinski definition) is 2. The standard InChI is InChI=1S/C2H4O2.Ru/c1-2(3)4;/h1H3,(H,3,4);/q;+1/p-1. The van der Waals surface area contributed by atoms with Gasteiger partial charge in [-0.15, -0.1) is 0 Å². The first-order chi connectivity index (χ1) is 1.73. The average molecular weight is 160 g/mol. The van der Waals surface area contributed by atoms with Crippen LogP contribution in [0.2, 0.25) is 0 Å². The van der Waals surface area contributed by atoms with Crippen molar-refractivity contribution in [3.05, 3.63) is 0 Å². The van der Waals surface area contributed by atoms with Gasteiger partial charge in [0.05, 0.1) is 0 Å². The molecule has 3 heteroatoms. The third-order valence-electron chi connectivity index (χ3n) is 0. The van der Waals surface area contributed by atoms with Crippen LogP contribution in [0, 0.1) is 0 Å². The second kappa shape index (κ2) is 4.09. The molecule has 0 amide bonds. The molecule has 0 saturated carbocycles. The Morgan fingerprint density at radius 3 is 1.80 bits per heavy atom. The molecule has 31 valence electrons. The topological polar surface area (TPSA) is 40.1 Å². The number of carbonyl (C=O) groups excluding carboxylic acids is 1. The van der Waals surface area contributed by atoms with E-state index in [2.05, 4.69) is 0 Å². The van der Waals surface area contributed by atoms with Gasteiger partial charge in [-0.3, -0.25) is 0 Å². The zero-order chi connectivity index (χ0) is 3.58. The molecule has 0 heterocycles. The fourth-order valence-corrected chi connectivity index (χ4v) is 0. The van der Waals surface area contributed by atoms with Crippen LogP contribution in [0.1, 0.15) is 6.92 Å². The molecule has 0 aliphatic heterocycles. The molecule has 0 atom stereocenters.